The number of hydrogen-bond donors (Lipinski definition) is 2. The molecule has 2 N–H and O–H groups in total. The maximum absolute atomic E-state index is 5.31. The fourth-order valence-corrected chi connectivity index (χ4v) is 2.28. The maximum Gasteiger partial charge on any atom is 0.162 e. The topological polar surface area (TPSA) is 59.2 Å². The molecule has 0 atom stereocenters. The predicted octanol–water partition coefficient (Wildman–Crippen LogP) is 3.63. The summed E-state index contributed by atoms with van der Waals surface area (Å²) in [6, 6.07) is 11.9. The van der Waals surface area contributed by atoms with E-state index >= 15 is 0 Å². The summed E-state index contributed by atoms with van der Waals surface area (Å²) in [4.78, 5) is 0. The highest BCUT2D eigenvalue weighted by molar-refractivity contribution is 5.91. The number of aromatic amines is 1. The van der Waals surface area contributed by atoms with E-state index in [9.17, 15) is 0 Å². The highest BCUT2D eigenvalue weighted by atomic mass is 16.5. The van der Waals surface area contributed by atoms with Gasteiger partial charge in [-0.15, -0.1) is 0 Å². The first kappa shape index (κ1) is 13.3. The zero-order chi connectivity index (χ0) is 14.8. The number of rotatable bonds is 4. The van der Waals surface area contributed by atoms with Gasteiger partial charge in [0.25, 0.3) is 0 Å². The van der Waals surface area contributed by atoms with E-state index in [0.717, 1.165) is 22.4 Å². The monoisotopic (exact) mass is 283 g/mol. The molecule has 5 heteroatoms. The molecule has 1 aromatic heterocycles. The Morgan fingerprint density at radius 1 is 1.00 bits per heavy atom. The SMILES string of the molecule is COc1ccc(Nc2n[nH]c3cc(C)ccc23)cc1OC. The molecule has 3 rings (SSSR count). The van der Waals surface area contributed by atoms with Crippen LogP contribution in [-0.2, 0) is 0 Å². The molecule has 0 radical (unpaired) electrons. The molecule has 0 saturated carbocycles. The van der Waals surface area contributed by atoms with E-state index in [2.05, 4.69) is 40.6 Å². The lowest BCUT2D eigenvalue weighted by molar-refractivity contribution is 0.355. The summed E-state index contributed by atoms with van der Waals surface area (Å²) in [5.41, 5.74) is 3.10. The lowest BCUT2D eigenvalue weighted by Crippen LogP contribution is -1.94. The number of hydrogen-bond acceptors (Lipinski definition) is 4. The van der Waals surface area contributed by atoms with Crippen LogP contribution in [0.15, 0.2) is 36.4 Å². The van der Waals surface area contributed by atoms with E-state index in [-0.39, 0.29) is 0 Å². The van der Waals surface area contributed by atoms with Gasteiger partial charge in [-0.05, 0) is 36.8 Å². The van der Waals surface area contributed by atoms with Crippen molar-refractivity contribution in [2.45, 2.75) is 6.92 Å². The number of fused-ring (bicyclic) bond motifs is 1. The third kappa shape index (κ3) is 2.50. The lowest BCUT2D eigenvalue weighted by Gasteiger charge is -2.10. The molecule has 0 aliphatic heterocycles. The third-order valence-electron chi connectivity index (χ3n) is 3.36. The van der Waals surface area contributed by atoms with Crippen molar-refractivity contribution in [2.24, 2.45) is 0 Å². The molecule has 0 bridgehead atoms. The first-order valence-electron chi connectivity index (χ1n) is 6.65. The average molecular weight is 283 g/mol. The molecule has 0 unspecified atom stereocenters. The Morgan fingerprint density at radius 2 is 1.81 bits per heavy atom. The van der Waals surface area contributed by atoms with Crippen molar-refractivity contribution < 1.29 is 9.47 Å². The number of H-pyrrole nitrogens is 1. The average Bonchev–Trinajstić information content (AvgIpc) is 2.89. The molecule has 3 aromatic rings. The van der Waals surface area contributed by atoms with Gasteiger partial charge in [-0.25, -0.2) is 0 Å². The highest BCUT2D eigenvalue weighted by Gasteiger charge is 2.08. The van der Waals surface area contributed by atoms with Crippen LogP contribution in [-0.4, -0.2) is 24.4 Å². The Morgan fingerprint density at radius 3 is 2.57 bits per heavy atom. The third-order valence-corrected chi connectivity index (χ3v) is 3.36. The van der Waals surface area contributed by atoms with Crippen LogP contribution in [0.2, 0.25) is 0 Å². The summed E-state index contributed by atoms with van der Waals surface area (Å²) >= 11 is 0. The van der Waals surface area contributed by atoms with Crippen LogP contribution in [0.5, 0.6) is 11.5 Å². The minimum absolute atomic E-state index is 0.679. The smallest absolute Gasteiger partial charge is 0.162 e. The van der Waals surface area contributed by atoms with Crippen molar-refractivity contribution in [3.8, 4) is 11.5 Å². The molecule has 108 valence electrons. The molecule has 0 fully saturated rings. The first-order chi connectivity index (χ1) is 10.2. The largest absolute Gasteiger partial charge is 0.493 e. The van der Waals surface area contributed by atoms with Gasteiger partial charge >= 0.3 is 0 Å². The molecule has 0 aliphatic rings. The Bertz CT molecular complexity index is 780. The van der Waals surface area contributed by atoms with Crippen molar-refractivity contribution in [1.29, 1.82) is 0 Å². The van der Waals surface area contributed by atoms with Crippen LogP contribution in [0.4, 0.5) is 11.5 Å². The minimum atomic E-state index is 0.679. The van der Waals surface area contributed by atoms with Gasteiger partial charge in [0.1, 0.15) is 0 Å². The Hall–Kier alpha value is -2.69. The number of methoxy groups -OCH3 is 2. The quantitative estimate of drug-likeness (QED) is 0.767. The van der Waals surface area contributed by atoms with Crippen LogP contribution in [0.25, 0.3) is 10.9 Å². The van der Waals surface area contributed by atoms with Crippen molar-refractivity contribution in [1.82, 2.24) is 10.2 Å². The predicted molar refractivity (Wildman–Crippen MR) is 83.7 cm³/mol. The van der Waals surface area contributed by atoms with Gasteiger partial charge in [0.05, 0.1) is 19.7 Å². The summed E-state index contributed by atoms with van der Waals surface area (Å²) in [5.74, 6) is 2.17. The number of benzene rings is 2. The van der Waals surface area contributed by atoms with Crippen LogP contribution >= 0.6 is 0 Å². The number of aromatic nitrogens is 2. The Labute approximate surface area is 122 Å². The van der Waals surface area contributed by atoms with E-state index in [0.29, 0.717) is 11.5 Å². The summed E-state index contributed by atoms with van der Waals surface area (Å²) in [6.45, 7) is 2.06. The summed E-state index contributed by atoms with van der Waals surface area (Å²) < 4.78 is 10.5. The van der Waals surface area contributed by atoms with Crippen LogP contribution < -0.4 is 14.8 Å². The van der Waals surface area contributed by atoms with Crippen molar-refractivity contribution in [3.05, 3.63) is 42.0 Å². The van der Waals surface area contributed by atoms with Gasteiger partial charge in [-0.1, -0.05) is 6.07 Å². The maximum atomic E-state index is 5.31. The normalized spacial score (nSPS) is 10.6. The fraction of sp³-hybridized carbons (Fsp3) is 0.188. The zero-order valence-corrected chi connectivity index (χ0v) is 12.2. The second-order valence-electron chi connectivity index (χ2n) is 4.82. The van der Waals surface area contributed by atoms with E-state index in [1.165, 1.54) is 5.56 Å². The molecule has 21 heavy (non-hydrogen) atoms. The number of nitrogens with one attached hydrogen (secondary N) is 2. The molecular weight excluding hydrogens is 266 g/mol. The second kappa shape index (κ2) is 5.36. The zero-order valence-electron chi connectivity index (χ0n) is 12.2. The number of anilines is 2. The molecular formula is C16H17N3O2. The van der Waals surface area contributed by atoms with Gasteiger partial charge in [-0.2, -0.15) is 5.10 Å². The summed E-state index contributed by atoms with van der Waals surface area (Å²) in [6.07, 6.45) is 0. The highest BCUT2D eigenvalue weighted by Crippen LogP contribution is 2.32. The van der Waals surface area contributed by atoms with Crippen LogP contribution in [0.3, 0.4) is 0 Å². The van der Waals surface area contributed by atoms with Gasteiger partial charge < -0.3 is 14.8 Å². The van der Waals surface area contributed by atoms with Crippen molar-refractivity contribution in [2.75, 3.05) is 19.5 Å². The molecule has 1 heterocycles. The standard InChI is InChI=1S/C16H17N3O2/c1-10-4-6-12-13(8-10)18-19-16(12)17-11-5-7-14(20-2)15(9-11)21-3/h4-9H,1-3H3,(H2,17,18,19). The molecule has 5 nitrogen and oxygen atoms in total. The summed E-state index contributed by atoms with van der Waals surface area (Å²) in [5, 5.41) is 11.7. The second-order valence-corrected chi connectivity index (χ2v) is 4.82. The molecule has 0 amide bonds. The van der Waals surface area contributed by atoms with Crippen molar-refractivity contribution in [3.63, 3.8) is 0 Å². The molecule has 2 aromatic carbocycles. The first-order valence-corrected chi connectivity index (χ1v) is 6.65. The Balaban J connectivity index is 1.95. The Kier molecular flexibility index (Phi) is 3.39. The van der Waals surface area contributed by atoms with E-state index < -0.39 is 0 Å². The number of aryl methyl sites for hydroxylation is 1. The number of ether oxygens (including phenoxy) is 2. The van der Waals surface area contributed by atoms with E-state index in [1.54, 1.807) is 14.2 Å². The van der Waals surface area contributed by atoms with E-state index in [4.69, 9.17) is 9.47 Å². The van der Waals surface area contributed by atoms with Gasteiger partial charge in [0, 0.05) is 17.1 Å². The van der Waals surface area contributed by atoms with Crippen LogP contribution in [0.1, 0.15) is 5.56 Å². The lowest BCUT2D eigenvalue weighted by atomic mass is 10.2. The fourth-order valence-electron chi connectivity index (χ4n) is 2.28. The van der Waals surface area contributed by atoms with Gasteiger partial charge in [0.2, 0.25) is 0 Å². The van der Waals surface area contributed by atoms with Crippen molar-refractivity contribution >= 4 is 22.4 Å². The van der Waals surface area contributed by atoms with Gasteiger partial charge in [0.15, 0.2) is 17.3 Å². The number of nitrogens with zero attached hydrogens (tertiary/aromatic N) is 1. The minimum Gasteiger partial charge on any atom is -0.493 e. The molecule has 0 saturated heterocycles. The summed E-state index contributed by atoms with van der Waals surface area (Å²) in [7, 11) is 3.24. The van der Waals surface area contributed by atoms with E-state index in [1.807, 2.05) is 18.2 Å². The van der Waals surface area contributed by atoms with Crippen LogP contribution in [0, 0.1) is 6.92 Å². The van der Waals surface area contributed by atoms with Gasteiger partial charge in [-0.3, -0.25) is 5.10 Å². The molecule has 0 aliphatic carbocycles. The molecule has 0 spiro atoms.